The number of nitrogens with zero attached hydrogens (tertiary/aromatic N) is 4. The topological polar surface area (TPSA) is 86.0 Å². The fraction of sp³-hybridized carbons (Fsp3) is 0.600. The van der Waals surface area contributed by atoms with E-state index < -0.39 is 0 Å². The third kappa shape index (κ3) is 2.74. The average Bonchev–Trinajstić information content (AvgIpc) is 3.28. The molecule has 7 nitrogen and oxygen atoms in total. The zero-order chi connectivity index (χ0) is 14.8. The number of piperidine rings is 1. The third-order valence-electron chi connectivity index (χ3n) is 4.41. The Morgan fingerprint density at radius 3 is 2.86 bits per heavy atom. The molecule has 4 rings (SSSR count). The first-order valence-electron chi connectivity index (χ1n) is 7.85. The van der Waals surface area contributed by atoms with Gasteiger partial charge in [0.2, 0.25) is 0 Å². The Morgan fingerprint density at radius 2 is 2.05 bits per heavy atom. The monoisotopic (exact) mass is 301 g/mol. The second kappa shape index (κ2) is 6.10. The summed E-state index contributed by atoms with van der Waals surface area (Å²) in [5.74, 6) is 2.04. The van der Waals surface area contributed by atoms with Crippen LogP contribution in [0.3, 0.4) is 0 Å². The molecule has 4 heterocycles. The highest BCUT2D eigenvalue weighted by Crippen LogP contribution is 2.28. The lowest BCUT2D eigenvalue weighted by molar-refractivity contribution is 0.193. The minimum atomic E-state index is 0.319. The smallest absolute Gasteiger partial charge is 0.259 e. The number of ether oxygens (including phenoxy) is 1. The van der Waals surface area contributed by atoms with Gasteiger partial charge < -0.3 is 14.6 Å². The van der Waals surface area contributed by atoms with E-state index in [1.807, 2.05) is 6.07 Å². The van der Waals surface area contributed by atoms with Gasteiger partial charge in [0.05, 0.1) is 24.1 Å². The van der Waals surface area contributed by atoms with Crippen LogP contribution in [-0.2, 0) is 4.74 Å². The summed E-state index contributed by atoms with van der Waals surface area (Å²) in [6.07, 6.45) is 4.78. The third-order valence-corrected chi connectivity index (χ3v) is 4.41. The van der Waals surface area contributed by atoms with E-state index in [1.54, 1.807) is 6.20 Å². The van der Waals surface area contributed by atoms with Crippen molar-refractivity contribution in [1.29, 1.82) is 0 Å². The Bertz CT molecular complexity index is 632. The molecule has 0 aliphatic carbocycles. The molecule has 1 unspecified atom stereocenters. The van der Waals surface area contributed by atoms with Crippen LogP contribution in [0.15, 0.2) is 16.8 Å². The van der Waals surface area contributed by atoms with Crippen molar-refractivity contribution in [3.05, 3.63) is 23.8 Å². The lowest BCUT2D eigenvalue weighted by Gasteiger charge is -2.18. The number of rotatable bonds is 3. The van der Waals surface area contributed by atoms with Crippen molar-refractivity contribution in [2.45, 2.75) is 31.1 Å². The Balaban J connectivity index is 1.56. The van der Waals surface area contributed by atoms with Crippen LogP contribution in [0.5, 0.6) is 0 Å². The molecule has 22 heavy (non-hydrogen) atoms. The van der Waals surface area contributed by atoms with Gasteiger partial charge in [-0.1, -0.05) is 5.16 Å². The Labute approximate surface area is 128 Å². The first kappa shape index (κ1) is 13.8. The van der Waals surface area contributed by atoms with Crippen molar-refractivity contribution in [1.82, 2.24) is 25.7 Å². The van der Waals surface area contributed by atoms with Gasteiger partial charge in [0.1, 0.15) is 0 Å². The van der Waals surface area contributed by atoms with Gasteiger partial charge in [0.25, 0.3) is 5.89 Å². The maximum Gasteiger partial charge on any atom is 0.259 e. The Morgan fingerprint density at radius 1 is 1.14 bits per heavy atom. The summed E-state index contributed by atoms with van der Waals surface area (Å²) in [6.45, 7) is 3.52. The summed E-state index contributed by atoms with van der Waals surface area (Å²) in [6, 6.07) is 1.99. The molecular weight excluding hydrogens is 282 g/mol. The Kier molecular flexibility index (Phi) is 3.82. The standard InChI is InChI=1S/C15H19N5O2/c1-4-16-5-2-10(1)14-18-15(22-20-14)12-7-13(19-17-8-12)11-3-6-21-9-11/h7-8,10-11,16H,1-6,9H2. The molecule has 1 N–H and O–H groups in total. The molecular formula is C15H19N5O2. The SMILES string of the molecule is c1nnc(C2CCOC2)cc1-c1nc(C2CCNCC2)no1. The second-order valence-electron chi connectivity index (χ2n) is 5.91. The fourth-order valence-electron chi connectivity index (χ4n) is 3.07. The molecule has 1 atom stereocenters. The van der Waals surface area contributed by atoms with E-state index in [-0.39, 0.29) is 0 Å². The van der Waals surface area contributed by atoms with Crippen LogP contribution in [0.25, 0.3) is 11.5 Å². The van der Waals surface area contributed by atoms with Crippen LogP contribution >= 0.6 is 0 Å². The summed E-state index contributed by atoms with van der Waals surface area (Å²) < 4.78 is 10.9. The number of hydrogen-bond acceptors (Lipinski definition) is 7. The summed E-state index contributed by atoms with van der Waals surface area (Å²) in [7, 11) is 0. The predicted molar refractivity (Wildman–Crippen MR) is 78.3 cm³/mol. The van der Waals surface area contributed by atoms with Crippen molar-refractivity contribution in [3.63, 3.8) is 0 Å². The molecule has 116 valence electrons. The lowest BCUT2D eigenvalue weighted by Crippen LogP contribution is -2.27. The van der Waals surface area contributed by atoms with Gasteiger partial charge in [-0.15, -0.1) is 0 Å². The molecule has 2 aliphatic heterocycles. The van der Waals surface area contributed by atoms with E-state index in [2.05, 4.69) is 25.7 Å². The summed E-state index contributed by atoms with van der Waals surface area (Å²) in [5.41, 5.74) is 1.78. The van der Waals surface area contributed by atoms with Gasteiger partial charge in [0, 0.05) is 18.4 Å². The number of hydrogen-bond donors (Lipinski definition) is 1. The van der Waals surface area contributed by atoms with Gasteiger partial charge in [-0.3, -0.25) is 0 Å². The first-order valence-corrected chi connectivity index (χ1v) is 7.85. The van der Waals surface area contributed by atoms with E-state index in [4.69, 9.17) is 9.26 Å². The normalized spacial score (nSPS) is 23.0. The summed E-state index contributed by atoms with van der Waals surface area (Å²) in [4.78, 5) is 4.57. The van der Waals surface area contributed by atoms with E-state index in [0.29, 0.717) is 24.3 Å². The van der Waals surface area contributed by atoms with Crippen molar-refractivity contribution < 1.29 is 9.26 Å². The van der Waals surface area contributed by atoms with Crippen molar-refractivity contribution in [2.24, 2.45) is 0 Å². The average molecular weight is 301 g/mol. The maximum atomic E-state index is 5.44. The van der Waals surface area contributed by atoms with E-state index in [1.165, 1.54) is 0 Å². The van der Waals surface area contributed by atoms with E-state index in [9.17, 15) is 0 Å². The molecule has 2 aliphatic rings. The number of aromatic nitrogens is 4. The second-order valence-corrected chi connectivity index (χ2v) is 5.91. The van der Waals surface area contributed by atoms with Crippen molar-refractivity contribution in [3.8, 4) is 11.5 Å². The van der Waals surface area contributed by atoms with Crippen LogP contribution in [0.2, 0.25) is 0 Å². The molecule has 0 bridgehead atoms. The van der Waals surface area contributed by atoms with E-state index in [0.717, 1.165) is 56.0 Å². The molecule has 2 saturated heterocycles. The van der Waals surface area contributed by atoms with Gasteiger partial charge >= 0.3 is 0 Å². The molecule has 0 spiro atoms. The zero-order valence-corrected chi connectivity index (χ0v) is 12.4. The molecule has 0 aromatic carbocycles. The molecule has 7 heteroatoms. The fourth-order valence-corrected chi connectivity index (χ4v) is 3.07. The highest BCUT2D eigenvalue weighted by molar-refractivity contribution is 5.51. The van der Waals surface area contributed by atoms with Gasteiger partial charge in [0.15, 0.2) is 5.82 Å². The highest BCUT2D eigenvalue weighted by Gasteiger charge is 2.23. The summed E-state index contributed by atoms with van der Waals surface area (Å²) in [5, 5.41) is 15.8. The first-order chi connectivity index (χ1) is 10.9. The van der Waals surface area contributed by atoms with Gasteiger partial charge in [-0.25, -0.2) is 0 Å². The molecule has 0 radical (unpaired) electrons. The van der Waals surface area contributed by atoms with Crippen LogP contribution < -0.4 is 5.32 Å². The van der Waals surface area contributed by atoms with E-state index >= 15 is 0 Å². The quantitative estimate of drug-likeness (QED) is 0.919. The maximum absolute atomic E-state index is 5.44. The largest absolute Gasteiger partial charge is 0.381 e. The lowest BCUT2D eigenvalue weighted by atomic mass is 9.98. The minimum absolute atomic E-state index is 0.319. The molecule has 0 amide bonds. The van der Waals surface area contributed by atoms with Crippen LogP contribution in [-0.4, -0.2) is 46.6 Å². The molecule has 2 fully saturated rings. The molecule has 2 aromatic rings. The van der Waals surface area contributed by atoms with Gasteiger partial charge in [-0.2, -0.15) is 15.2 Å². The van der Waals surface area contributed by atoms with Crippen LogP contribution in [0.1, 0.15) is 42.6 Å². The summed E-state index contributed by atoms with van der Waals surface area (Å²) >= 11 is 0. The molecule has 0 saturated carbocycles. The Hall–Kier alpha value is -1.86. The zero-order valence-electron chi connectivity index (χ0n) is 12.4. The van der Waals surface area contributed by atoms with Crippen molar-refractivity contribution >= 4 is 0 Å². The van der Waals surface area contributed by atoms with Gasteiger partial charge in [-0.05, 0) is 38.4 Å². The van der Waals surface area contributed by atoms with Crippen LogP contribution in [0, 0.1) is 0 Å². The predicted octanol–water partition coefficient (Wildman–Crippen LogP) is 1.50. The van der Waals surface area contributed by atoms with Crippen molar-refractivity contribution in [2.75, 3.05) is 26.3 Å². The molecule has 2 aromatic heterocycles. The minimum Gasteiger partial charge on any atom is -0.381 e. The van der Waals surface area contributed by atoms with Crippen LogP contribution in [0.4, 0.5) is 0 Å². The number of nitrogens with one attached hydrogen (secondary N) is 1. The highest BCUT2D eigenvalue weighted by atomic mass is 16.5.